The van der Waals surface area contributed by atoms with Crippen molar-refractivity contribution in [2.24, 2.45) is 11.8 Å². The molecule has 2 N–H and O–H groups in total. The lowest BCUT2D eigenvalue weighted by atomic mass is 9.92. The summed E-state index contributed by atoms with van der Waals surface area (Å²) in [6, 6.07) is 0. The number of Topliss-reactive ketones (excluding diaryl/α,β-unsaturated/α-hetero) is 2. The van der Waals surface area contributed by atoms with Gasteiger partial charge in [0, 0.05) is 24.7 Å². The Balaban J connectivity index is 5.57. The zero-order chi connectivity index (χ0) is 16.0. The van der Waals surface area contributed by atoms with Crippen molar-refractivity contribution in [3.63, 3.8) is 0 Å². The Morgan fingerprint density at radius 3 is 1.10 bits per heavy atom. The predicted molar refractivity (Wildman–Crippen MR) is 71.2 cm³/mol. The molecule has 0 saturated heterocycles. The van der Waals surface area contributed by atoms with Gasteiger partial charge in [0.25, 0.3) is 0 Å². The van der Waals surface area contributed by atoms with Crippen LogP contribution in [0.5, 0.6) is 0 Å². The number of hydrogen-bond donors (Lipinski definition) is 2. The Morgan fingerprint density at radius 2 is 0.950 bits per heavy atom. The van der Waals surface area contributed by atoms with Crippen LogP contribution in [0.1, 0.15) is 40.5 Å². The highest BCUT2D eigenvalue weighted by molar-refractivity contribution is 6.05. The van der Waals surface area contributed by atoms with Gasteiger partial charge in [-0.15, -0.1) is 0 Å². The first-order valence-electron chi connectivity index (χ1n) is 6.31. The molecule has 0 aromatic carbocycles. The van der Waals surface area contributed by atoms with E-state index in [1.54, 1.807) is 27.7 Å². The largest absolute Gasteiger partial charge is 0.478 e. The van der Waals surface area contributed by atoms with E-state index in [0.29, 0.717) is 0 Å². The monoisotopic (exact) mass is 284 g/mol. The van der Waals surface area contributed by atoms with Crippen molar-refractivity contribution in [2.75, 3.05) is 0 Å². The number of aliphatic carboxylic acids is 2. The summed E-state index contributed by atoms with van der Waals surface area (Å²) in [5, 5.41) is 18.2. The fraction of sp³-hybridized carbons (Fsp3) is 0.571. The van der Waals surface area contributed by atoms with Gasteiger partial charge in [-0.05, 0) is 0 Å². The van der Waals surface area contributed by atoms with Gasteiger partial charge in [-0.25, -0.2) is 9.59 Å². The van der Waals surface area contributed by atoms with Crippen LogP contribution in [0.25, 0.3) is 0 Å². The molecule has 0 saturated carbocycles. The van der Waals surface area contributed by atoms with E-state index in [0.717, 1.165) is 0 Å². The molecule has 0 bridgehead atoms. The van der Waals surface area contributed by atoms with E-state index in [9.17, 15) is 19.2 Å². The van der Waals surface area contributed by atoms with E-state index >= 15 is 0 Å². The van der Waals surface area contributed by atoms with Crippen LogP contribution in [-0.4, -0.2) is 33.7 Å². The molecule has 0 aliphatic heterocycles. The highest BCUT2D eigenvalue weighted by Crippen LogP contribution is 2.18. The average Bonchev–Trinajstić information content (AvgIpc) is 2.31. The topological polar surface area (TPSA) is 109 Å². The van der Waals surface area contributed by atoms with E-state index in [1.165, 1.54) is 0 Å². The first kappa shape index (κ1) is 18.0. The molecule has 112 valence electrons. The van der Waals surface area contributed by atoms with Crippen LogP contribution in [0.4, 0.5) is 0 Å². The number of carbonyl (C=O) groups excluding carboxylic acids is 2. The molecule has 0 atom stereocenters. The van der Waals surface area contributed by atoms with Gasteiger partial charge >= 0.3 is 11.9 Å². The molecule has 0 fully saturated rings. The Morgan fingerprint density at radius 1 is 0.700 bits per heavy atom. The minimum atomic E-state index is -1.48. The summed E-state index contributed by atoms with van der Waals surface area (Å²) in [5.41, 5.74) is -1.02. The molecule has 0 rings (SSSR count). The SMILES string of the molecule is CC(C)C(=O)CC(C(=O)O)=C(CC(=O)C(C)C)C(=O)O. The lowest BCUT2D eigenvalue weighted by Gasteiger charge is -2.11. The lowest BCUT2D eigenvalue weighted by molar-refractivity contribution is -0.137. The molecule has 20 heavy (non-hydrogen) atoms. The molecule has 0 radical (unpaired) electrons. The van der Waals surface area contributed by atoms with E-state index in [4.69, 9.17) is 10.2 Å². The van der Waals surface area contributed by atoms with Gasteiger partial charge < -0.3 is 10.2 Å². The van der Waals surface area contributed by atoms with E-state index in [1.807, 2.05) is 0 Å². The third kappa shape index (κ3) is 5.34. The normalized spacial score (nSPS) is 12.3. The summed E-state index contributed by atoms with van der Waals surface area (Å²) in [7, 11) is 0. The Bertz CT molecular complexity index is 414. The first-order chi connectivity index (χ1) is 9.07. The van der Waals surface area contributed by atoms with E-state index < -0.39 is 47.8 Å². The minimum absolute atomic E-state index is 0.377. The van der Waals surface area contributed by atoms with Gasteiger partial charge in [0.2, 0.25) is 0 Å². The maximum Gasteiger partial charge on any atom is 0.332 e. The van der Waals surface area contributed by atoms with Gasteiger partial charge in [-0.3, -0.25) is 9.59 Å². The summed E-state index contributed by atoms with van der Waals surface area (Å²) < 4.78 is 0. The van der Waals surface area contributed by atoms with E-state index in [-0.39, 0.29) is 11.6 Å². The van der Waals surface area contributed by atoms with Gasteiger partial charge in [-0.2, -0.15) is 0 Å². The standard InChI is InChI=1S/C14H20O6/c1-7(2)11(15)5-9(13(17)18)10(14(19)20)6-12(16)8(3)4/h7-8H,5-6H2,1-4H3,(H,17,18)(H,19,20). The van der Waals surface area contributed by atoms with E-state index in [2.05, 4.69) is 0 Å². The second-order valence-electron chi connectivity index (χ2n) is 5.16. The van der Waals surface area contributed by atoms with Gasteiger partial charge in [0.1, 0.15) is 11.6 Å². The molecular weight excluding hydrogens is 264 g/mol. The third-order valence-electron chi connectivity index (χ3n) is 2.87. The highest BCUT2D eigenvalue weighted by atomic mass is 16.4. The molecule has 0 amide bonds. The molecule has 6 heteroatoms. The van der Waals surface area contributed by atoms with Crippen LogP contribution in [0.2, 0.25) is 0 Å². The zero-order valence-corrected chi connectivity index (χ0v) is 12.1. The van der Waals surface area contributed by atoms with Crippen LogP contribution in [0.15, 0.2) is 11.1 Å². The van der Waals surface area contributed by atoms with Crippen molar-refractivity contribution in [2.45, 2.75) is 40.5 Å². The molecule has 0 aromatic heterocycles. The van der Waals surface area contributed by atoms with Gasteiger partial charge in [0.15, 0.2) is 0 Å². The smallest absolute Gasteiger partial charge is 0.332 e. The average molecular weight is 284 g/mol. The Labute approximate surface area is 117 Å². The number of ketones is 2. The Kier molecular flexibility index (Phi) is 6.82. The predicted octanol–water partition coefficient (Wildman–Crippen LogP) is 1.68. The first-order valence-corrected chi connectivity index (χ1v) is 6.31. The van der Waals surface area contributed by atoms with Crippen LogP contribution in [0, 0.1) is 11.8 Å². The lowest BCUT2D eigenvalue weighted by Crippen LogP contribution is -2.20. The number of carboxylic acid groups (broad SMARTS) is 2. The van der Waals surface area contributed by atoms with Crippen molar-refractivity contribution in [1.82, 2.24) is 0 Å². The molecule has 0 aliphatic rings. The molecule has 6 nitrogen and oxygen atoms in total. The molecule has 0 heterocycles. The maximum absolute atomic E-state index is 11.6. The summed E-state index contributed by atoms with van der Waals surface area (Å²) in [4.78, 5) is 45.6. The summed E-state index contributed by atoms with van der Waals surface area (Å²) >= 11 is 0. The molecule has 0 aromatic rings. The van der Waals surface area contributed by atoms with Crippen molar-refractivity contribution < 1.29 is 29.4 Å². The van der Waals surface area contributed by atoms with Crippen molar-refractivity contribution in [1.29, 1.82) is 0 Å². The summed E-state index contributed by atoms with van der Waals surface area (Å²) in [6.07, 6.45) is -0.972. The highest BCUT2D eigenvalue weighted by Gasteiger charge is 2.26. The second-order valence-corrected chi connectivity index (χ2v) is 5.16. The third-order valence-corrected chi connectivity index (χ3v) is 2.87. The molecule has 0 aliphatic carbocycles. The van der Waals surface area contributed by atoms with Crippen molar-refractivity contribution >= 4 is 23.5 Å². The van der Waals surface area contributed by atoms with Crippen LogP contribution in [-0.2, 0) is 19.2 Å². The second kappa shape index (κ2) is 7.57. The zero-order valence-electron chi connectivity index (χ0n) is 12.1. The van der Waals surface area contributed by atoms with Crippen LogP contribution in [0.3, 0.4) is 0 Å². The van der Waals surface area contributed by atoms with Crippen LogP contribution < -0.4 is 0 Å². The summed E-state index contributed by atoms with van der Waals surface area (Å²) in [5.74, 6) is -4.52. The summed E-state index contributed by atoms with van der Waals surface area (Å²) in [6.45, 7) is 6.39. The molecule has 0 unspecified atom stereocenters. The van der Waals surface area contributed by atoms with Gasteiger partial charge in [-0.1, -0.05) is 27.7 Å². The van der Waals surface area contributed by atoms with Crippen LogP contribution >= 0.6 is 0 Å². The minimum Gasteiger partial charge on any atom is -0.478 e. The number of hydrogen-bond acceptors (Lipinski definition) is 4. The fourth-order valence-corrected chi connectivity index (χ4v) is 1.38. The maximum atomic E-state index is 11.6. The number of rotatable bonds is 8. The number of carboxylic acids is 2. The number of carbonyl (C=O) groups is 4. The molecular formula is C14H20O6. The molecule has 0 spiro atoms. The fourth-order valence-electron chi connectivity index (χ4n) is 1.38. The van der Waals surface area contributed by atoms with Crippen molar-refractivity contribution in [3.05, 3.63) is 11.1 Å². The van der Waals surface area contributed by atoms with Gasteiger partial charge in [0.05, 0.1) is 11.1 Å². The Hall–Kier alpha value is -1.98. The van der Waals surface area contributed by atoms with Crippen molar-refractivity contribution in [3.8, 4) is 0 Å². The quantitative estimate of drug-likeness (QED) is 0.656.